The van der Waals surface area contributed by atoms with Crippen LogP contribution in [0, 0.1) is 17.8 Å². The molecule has 2 heterocycles. The highest BCUT2D eigenvalue weighted by atomic mass is 16.1. The van der Waals surface area contributed by atoms with Gasteiger partial charge >= 0.3 is 5.69 Å². The topological polar surface area (TPSA) is 57.8 Å². The van der Waals surface area contributed by atoms with E-state index < -0.39 is 0 Å². The van der Waals surface area contributed by atoms with Crippen LogP contribution in [0.5, 0.6) is 0 Å². The molecule has 4 saturated carbocycles. The number of nitrogens with zero attached hydrogens (tertiary/aromatic N) is 1. The second kappa shape index (κ2) is 3.66. The van der Waals surface area contributed by atoms with Gasteiger partial charge in [0.2, 0.25) is 0 Å². The van der Waals surface area contributed by atoms with Gasteiger partial charge in [-0.2, -0.15) is 4.98 Å². The minimum atomic E-state index is -0.163. The van der Waals surface area contributed by atoms with E-state index in [1.54, 1.807) is 0 Å². The number of rotatable bonds is 1. The van der Waals surface area contributed by atoms with Crippen LogP contribution in [-0.2, 0) is 11.8 Å². The molecule has 106 valence electrons. The molecule has 5 aliphatic rings. The SMILES string of the molecule is O=c1nc2c(c(C34CC5CC(CC(C5)C3)C4)[nH]1)CCN2. The lowest BCUT2D eigenvalue weighted by atomic mass is 9.48. The van der Waals surface area contributed by atoms with Crippen molar-refractivity contribution in [1.29, 1.82) is 0 Å². The molecule has 4 heteroatoms. The molecule has 4 nitrogen and oxygen atoms in total. The fourth-order valence-electron chi connectivity index (χ4n) is 6.06. The van der Waals surface area contributed by atoms with Gasteiger partial charge in [-0.1, -0.05) is 0 Å². The van der Waals surface area contributed by atoms with Gasteiger partial charge in [-0.3, -0.25) is 0 Å². The standard InChI is InChI=1S/C16H21N3O/c20-15-18-13(12-1-2-17-14(12)19-15)16-6-9-3-10(7-16)5-11(4-9)8-16/h9-11H,1-8H2,(H2,17,18,19,20). The number of H-pyrrole nitrogens is 1. The van der Waals surface area contributed by atoms with E-state index in [0.717, 1.165) is 36.5 Å². The van der Waals surface area contributed by atoms with Gasteiger partial charge in [0.05, 0.1) is 0 Å². The van der Waals surface area contributed by atoms with Crippen molar-refractivity contribution in [3.63, 3.8) is 0 Å². The van der Waals surface area contributed by atoms with Gasteiger partial charge < -0.3 is 10.3 Å². The zero-order valence-corrected chi connectivity index (χ0v) is 11.7. The first-order valence-corrected chi connectivity index (χ1v) is 8.09. The lowest BCUT2D eigenvalue weighted by molar-refractivity contribution is -0.00769. The lowest BCUT2D eigenvalue weighted by Crippen LogP contribution is -2.49. The molecule has 4 aliphatic carbocycles. The van der Waals surface area contributed by atoms with Gasteiger partial charge in [-0.05, 0) is 62.7 Å². The molecule has 0 atom stereocenters. The summed E-state index contributed by atoms with van der Waals surface area (Å²) in [5.41, 5.74) is 2.68. The molecule has 1 aliphatic heterocycles. The minimum absolute atomic E-state index is 0.163. The van der Waals surface area contributed by atoms with E-state index in [-0.39, 0.29) is 11.1 Å². The van der Waals surface area contributed by atoms with Crippen LogP contribution in [-0.4, -0.2) is 16.5 Å². The molecule has 0 spiro atoms. The van der Waals surface area contributed by atoms with E-state index in [4.69, 9.17) is 0 Å². The van der Waals surface area contributed by atoms with Crippen molar-refractivity contribution < 1.29 is 0 Å². The molecule has 0 radical (unpaired) electrons. The monoisotopic (exact) mass is 271 g/mol. The highest BCUT2D eigenvalue weighted by Gasteiger charge is 2.53. The number of anilines is 1. The van der Waals surface area contributed by atoms with Crippen molar-refractivity contribution in [2.24, 2.45) is 17.8 Å². The molecular weight excluding hydrogens is 250 g/mol. The average Bonchev–Trinajstić information content (AvgIpc) is 2.83. The van der Waals surface area contributed by atoms with Gasteiger partial charge in [0, 0.05) is 23.2 Å². The minimum Gasteiger partial charge on any atom is -0.369 e. The Morgan fingerprint density at radius 3 is 2.35 bits per heavy atom. The summed E-state index contributed by atoms with van der Waals surface area (Å²) in [4.78, 5) is 19.2. The molecule has 0 saturated heterocycles. The summed E-state index contributed by atoms with van der Waals surface area (Å²) >= 11 is 0. The third-order valence-corrected chi connectivity index (χ3v) is 6.27. The van der Waals surface area contributed by atoms with E-state index >= 15 is 0 Å². The third-order valence-electron chi connectivity index (χ3n) is 6.27. The quantitative estimate of drug-likeness (QED) is 0.823. The van der Waals surface area contributed by atoms with Gasteiger partial charge in [0.1, 0.15) is 5.82 Å². The van der Waals surface area contributed by atoms with Crippen LogP contribution >= 0.6 is 0 Å². The van der Waals surface area contributed by atoms with E-state index in [2.05, 4.69) is 15.3 Å². The summed E-state index contributed by atoms with van der Waals surface area (Å²) in [6.45, 7) is 0.930. The summed E-state index contributed by atoms with van der Waals surface area (Å²) in [7, 11) is 0. The first kappa shape index (κ1) is 11.4. The predicted molar refractivity (Wildman–Crippen MR) is 76.9 cm³/mol. The number of hydrogen-bond donors (Lipinski definition) is 2. The molecule has 0 unspecified atom stereocenters. The zero-order valence-electron chi connectivity index (χ0n) is 11.7. The van der Waals surface area contributed by atoms with Gasteiger partial charge in [0.25, 0.3) is 0 Å². The van der Waals surface area contributed by atoms with Crippen molar-refractivity contribution in [3.05, 3.63) is 21.7 Å². The van der Waals surface area contributed by atoms with Crippen LogP contribution in [0.2, 0.25) is 0 Å². The summed E-state index contributed by atoms with van der Waals surface area (Å²) < 4.78 is 0. The Hall–Kier alpha value is -1.32. The van der Waals surface area contributed by atoms with E-state index in [1.165, 1.54) is 49.8 Å². The van der Waals surface area contributed by atoms with E-state index in [1.807, 2.05) is 0 Å². The van der Waals surface area contributed by atoms with Crippen molar-refractivity contribution in [2.45, 2.75) is 50.4 Å². The molecule has 4 bridgehead atoms. The molecule has 4 fully saturated rings. The second-order valence-electron chi connectivity index (χ2n) is 7.62. The molecule has 2 N–H and O–H groups in total. The van der Waals surface area contributed by atoms with Crippen LogP contribution in [0.25, 0.3) is 0 Å². The maximum absolute atomic E-state index is 11.9. The van der Waals surface area contributed by atoms with Crippen molar-refractivity contribution in [3.8, 4) is 0 Å². The Bertz CT molecular complexity index is 598. The Labute approximate surface area is 118 Å². The Morgan fingerprint density at radius 1 is 1.05 bits per heavy atom. The number of aromatic nitrogens is 2. The normalized spacial score (nSPS) is 40.7. The fourth-order valence-corrected chi connectivity index (χ4v) is 6.06. The molecule has 1 aromatic heterocycles. The molecule has 0 amide bonds. The summed E-state index contributed by atoms with van der Waals surface area (Å²) in [6.07, 6.45) is 9.23. The van der Waals surface area contributed by atoms with E-state index in [0.29, 0.717) is 0 Å². The maximum atomic E-state index is 11.9. The van der Waals surface area contributed by atoms with Crippen LogP contribution in [0.4, 0.5) is 5.82 Å². The fraction of sp³-hybridized carbons (Fsp3) is 0.750. The van der Waals surface area contributed by atoms with Crippen molar-refractivity contribution in [2.75, 3.05) is 11.9 Å². The second-order valence-corrected chi connectivity index (χ2v) is 7.62. The van der Waals surface area contributed by atoms with Gasteiger partial charge in [-0.25, -0.2) is 4.79 Å². The number of hydrogen-bond acceptors (Lipinski definition) is 3. The van der Waals surface area contributed by atoms with Crippen LogP contribution in [0.1, 0.15) is 49.8 Å². The Kier molecular flexibility index (Phi) is 2.08. The largest absolute Gasteiger partial charge is 0.369 e. The molecule has 1 aromatic rings. The number of nitrogens with one attached hydrogen (secondary N) is 2. The molecule has 20 heavy (non-hydrogen) atoms. The maximum Gasteiger partial charge on any atom is 0.347 e. The number of aromatic amines is 1. The van der Waals surface area contributed by atoms with Crippen LogP contribution in [0.15, 0.2) is 4.79 Å². The number of fused-ring (bicyclic) bond motifs is 1. The highest BCUT2D eigenvalue weighted by molar-refractivity contribution is 5.52. The lowest BCUT2D eigenvalue weighted by Gasteiger charge is -2.57. The Morgan fingerprint density at radius 2 is 1.70 bits per heavy atom. The van der Waals surface area contributed by atoms with E-state index in [9.17, 15) is 4.79 Å². The highest BCUT2D eigenvalue weighted by Crippen LogP contribution is 2.61. The van der Waals surface area contributed by atoms with Crippen LogP contribution in [0.3, 0.4) is 0 Å². The zero-order chi connectivity index (χ0) is 13.3. The van der Waals surface area contributed by atoms with Gasteiger partial charge in [-0.15, -0.1) is 0 Å². The first-order valence-electron chi connectivity index (χ1n) is 8.09. The smallest absolute Gasteiger partial charge is 0.347 e. The molecule has 6 rings (SSSR count). The van der Waals surface area contributed by atoms with Crippen molar-refractivity contribution in [1.82, 2.24) is 9.97 Å². The van der Waals surface area contributed by atoms with Gasteiger partial charge in [0.15, 0.2) is 0 Å². The summed E-state index contributed by atoms with van der Waals surface area (Å²) in [5.74, 6) is 3.58. The molecular formula is C16H21N3O. The van der Waals surface area contributed by atoms with Crippen LogP contribution < -0.4 is 11.0 Å². The Balaban J connectivity index is 1.68. The molecule has 0 aromatic carbocycles. The first-order chi connectivity index (χ1) is 9.72. The third kappa shape index (κ3) is 1.42. The summed E-state index contributed by atoms with van der Waals surface area (Å²) in [5, 5.41) is 3.28. The average molecular weight is 271 g/mol. The van der Waals surface area contributed by atoms with Crippen molar-refractivity contribution >= 4 is 5.82 Å². The summed E-state index contributed by atoms with van der Waals surface area (Å²) in [6, 6.07) is 0. The predicted octanol–water partition coefficient (Wildman–Crippen LogP) is 2.21.